The van der Waals surface area contributed by atoms with Crippen LogP contribution in [-0.4, -0.2) is 210 Å². The van der Waals surface area contributed by atoms with Crippen LogP contribution in [0.3, 0.4) is 0 Å². The zero-order valence-corrected chi connectivity index (χ0v) is 42.8. The normalized spacial score (nSPS) is 54.0. The number of aliphatic hydroxyl groups is 12. The maximum absolute atomic E-state index is 14.9. The monoisotopic (exact) mass is 1040 g/mol. The molecule has 0 aromatic heterocycles. The van der Waals surface area contributed by atoms with Crippen LogP contribution in [0.4, 0.5) is 0 Å². The van der Waals surface area contributed by atoms with E-state index in [1.54, 1.807) is 0 Å². The van der Waals surface area contributed by atoms with Crippen LogP contribution in [0.2, 0.25) is 0 Å². The molecule has 73 heavy (non-hydrogen) atoms. The molecule has 4 aliphatic heterocycles. The fraction of sp³-hybridized carbons (Fsp3) is 0.904. The van der Waals surface area contributed by atoms with Gasteiger partial charge in [0.05, 0.1) is 37.4 Å². The molecule has 27 atom stereocenters. The maximum Gasteiger partial charge on any atom is 0.315 e. The van der Waals surface area contributed by atoms with Gasteiger partial charge < -0.3 is 99.2 Å². The fourth-order valence-electron chi connectivity index (χ4n) is 15.6. The minimum Gasteiger partial charge on any atom is -0.432 e. The van der Waals surface area contributed by atoms with Crippen molar-refractivity contribution < 1.29 is 104 Å². The minimum absolute atomic E-state index is 0.153. The van der Waals surface area contributed by atoms with Crippen LogP contribution in [0.25, 0.3) is 0 Å². The Morgan fingerprint density at radius 2 is 1.33 bits per heavy atom. The van der Waals surface area contributed by atoms with Gasteiger partial charge in [-0.1, -0.05) is 58.4 Å². The summed E-state index contributed by atoms with van der Waals surface area (Å²) in [6.45, 7) is 16.0. The van der Waals surface area contributed by atoms with Crippen LogP contribution in [0, 0.1) is 44.8 Å². The molecule has 0 spiro atoms. The predicted molar refractivity (Wildman–Crippen MR) is 251 cm³/mol. The Balaban J connectivity index is 0.910. The Labute approximate surface area is 426 Å². The molecule has 416 valence electrons. The average molecular weight is 1040 g/mol. The third-order valence-electron chi connectivity index (χ3n) is 20.4. The Morgan fingerprint density at radius 3 is 2.03 bits per heavy atom. The smallest absolute Gasteiger partial charge is 0.315 e. The summed E-state index contributed by atoms with van der Waals surface area (Å²) in [6, 6.07) is 0. The molecule has 9 rings (SSSR count). The summed E-state index contributed by atoms with van der Waals surface area (Å²) in [5.41, 5.74) is 0.102. The van der Waals surface area contributed by atoms with Crippen molar-refractivity contribution in [2.75, 3.05) is 19.8 Å². The molecule has 17 unspecified atom stereocenters. The number of hydrogen-bond acceptors (Lipinski definition) is 21. The molecule has 0 aromatic rings. The predicted octanol–water partition coefficient (Wildman–Crippen LogP) is -0.839. The Bertz CT molecular complexity index is 2040. The van der Waals surface area contributed by atoms with Gasteiger partial charge in [0.15, 0.2) is 18.9 Å². The number of ether oxygens (including phenoxy) is 8. The topological polar surface area (TPSA) is 334 Å². The number of rotatable bonds is 10. The lowest BCUT2D eigenvalue weighted by Crippen LogP contribution is -2.66. The lowest BCUT2D eigenvalue weighted by molar-refractivity contribution is -0.364. The molecule has 0 radical (unpaired) electrons. The molecule has 0 amide bonds. The van der Waals surface area contributed by atoms with Gasteiger partial charge in [0.25, 0.3) is 0 Å². The molecule has 4 saturated heterocycles. The van der Waals surface area contributed by atoms with Crippen LogP contribution < -0.4 is 0 Å². The van der Waals surface area contributed by atoms with Crippen LogP contribution >= 0.6 is 0 Å². The van der Waals surface area contributed by atoms with E-state index in [1.165, 1.54) is 12.5 Å². The lowest BCUT2D eigenvalue weighted by atomic mass is 9.34. The van der Waals surface area contributed by atoms with E-state index in [0.29, 0.717) is 38.5 Å². The van der Waals surface area contributed by atoms with Gasteiger partial charge in [0.2, 0.25) is 6.29 Å². The van der Waals surface area contributed by atoms with Gasteiger partial charge in [0, 0.05) is 5.92 Å². The van der Waals surface area contributed by atoms with Crippen LogP contribution in [-0.2, 0) is 42.7 Å². The van der Waals surface area contributed by atoms with Crippen molar-refractivity contribution in [1.29, 1.82) is 0 Å². The number of carbonyl (C=O) groups is 1. The maximum atomic E-state index is 14.9. The van der Waals surface area contributed by atoms with E-state index >= 15 is 0 Å². The van der Waals surface area contributed by atoms with E-state index in [-0.39, 0.29) is 46.7 Å². The second kappa shape index (κ2) is 20.4. The Morgan fingerprint density at radius 1 is 0.685 bits per heavy atom. The Hall–Kier alpha value is -1.81. The van der Waals surface area contributed by atoms with Crippen LogP contribution in [0.5, 0.6) is 0 Å². The van der Waals surface area contributed by atoms with Crippen LogP contribution in [0.1, 0.15) is 106 Å². The summed E-state index contributed by atoms with van der Waals surface area (Å²) in [4.78, 5) is 14.9. The number of fused-ring (bicyclic) bond motifs is 7. The third-order valence-corrected chi connectivity index (χ3v) is 20.4. The molecular weight excluding hydrogens is 961 g/mol. The highest BCUT2D eigenvalue weighted by molar-refractivity contribution is 5.79. The lowest BCUT2D eigenvalue weighted by Gasteiger charge is -2.71. The van der Waals surface area contributed by atoms with Crippen molar-refractivity contribution in [1.82, 2.24) is 0 Å². The largest absolute Gasteiger partial charge is 0.432 e. The second-order valence-electron chi connectivity index (χ2n) is 24.4. The van der Waals surface area contributed by atoms with Crippen molar-refractivity contribution in [3.8, 4) is 0 Å². The number of allylic oxidation sites excluding steroid dienone is 3. The second-order valence-corrected chi connectivity index (χ2v) is 24.4. The van der Waals surface area contributed by atoms with E-state index < -0.39 is 147 Å². The molecule has 5 aliphatic carbocycles. The Kier molecular flexibility index (Phi) is 15.7. The van der Waals surface area contributed by atoms with E-state index in [2.05, 4.69) is 47.3 Å². The molecule has 21 nitrogen and oxygen atoms in total. The van der Waals surface area contributed by atoms with Gasteiger partial charge in [-0.15, -0.1) is 0 Å². The zero-order valence-electron chi connectivity index (χ0n) is 42.8. The first-order chi connectivity index (χ1) is 34.2. The molecule has 9 aliphatic rings. The molecule has 12 N–H and O–H groups in total. The van der Waals surface area contributed by atoms with Gasteiger partial charge in [-0.05, 0) is 105 Å². The van der Waals surface area contributed by atoms with Crippen molar-refractivity contribution in [3.05, 3.63) is 23.8 Å². The molecule has 8 fully saturated rings. The molecular formula is C52H82O21. The zero-order chi connectivity index (χ0) is 53.1. The molecule has 0 aromatic carbocycles. The van der Waals surface area contributed by atoms with Gasteiger partial charge in [-0.2, -0.15) is 0 Å². The van der Waals surface area contributed by atoms with Crippen LogP contribution in [0.15, 0.2) is 23.8 Å². The summed E-state index contributed by atoms with van der Waals surface area (Å²) in [7, 11) is 0. The molecule has 0 bridgehead atoms. The van der Waals surface area contributed by atoms with Crippen molar-refractivity contribution >= 4 is 5.97 Å². The SMILES string of the molecule is C=C1CCC2(C(=O)O[C@@H]3O[C@H](CO[C@@H]4O[C@H](CO)C(O)[C@H](O)C4O)C(O)[C@H](O)C3O)CCC3(C)C(=CCC4C5(C)CCC(O[C@@H]6OCC(O)[C@H](O)C6O[C@@H]6OC(C)[C@H](O)C(O)C6O)C(C)(C)C5CCC43C)C2C1. The van der Waals surface area contributed by atoms with E-state index in [9.17, 15) is 66.1 Å². The summed E-state index contributed by atoms with van der Waals surface area (Å²) >= 11 is 0. The summed E-state index contributed by atoms with van der Waals surface area (Å²) in [5.74, 6) is -0.444. The van der Waals surface area contributed by atoms with E-state index in [1.807, 2.05) is 0 Å². The van der Waals surface area contributed by atoms with Crippen molar-refractivity contribution in [3.63, 3.8) is 0 Å². The van der Waals surface area contributed by atoms with Gasteiger partial charge in [0.1, 0.15) is 85.5 Å². The molecule has 21 heteroatoms. The third kappa shape index (κ3) is 9.12. The standard InChI is InChI=1S/C52H82O21/c1-22-10-15-52(47(65)73-45-41(64)38(61)35(58)28(70-45)21-67-43-39(62)37(60)34(57)27(19-53)69-43)17-16-50(6)24(25(52)18-22)8-9-30-49(5)13-12-31(48(3,4)29(49)11-14-51(30,50)7)71-46-42(33(56)26(54)20-66-46)72-44-40(63)36(59)32(55)23(2)68-44/h8,23,25-46,53-64H,1,9-21H2,2-7H3/t23?,25?,26?,27-,28-,29?,30?,31?,32+,33+,34?,35?,36?,37+,38+,39?,40?,41?,42?,43-,44+,45+,46+,49?,50?,51?,52?/m1/s1. The van der Waals surface area contributed by atoms with Gasteiger partial charge in [-0.3, -0.25) is 4.79 Å². The highest BCUT2D eigenvalue weighted by Crippen LogP contribution is 2.75. The quantitative estimate of drug-likeness (QED) is 0.0721. The average Bonchev–Trinajstić information content (AvgIpc) is 3.35. The first kappa shape index (κ1) is 55.9. The fourth-order valence-corrected chi connectivity index (χ4v) is 15.6. The number of aliphatic hydroxyl groups excluding tert-OH is 12. The van der Waals surface area contributed by atoms with E-state index in [0.717, 1.165) is 31.3 Å². The number of esters is 1. The first-order valence-corrected chi connectivity index (χ1v) is 26.4. The first-order valence-electron chi connectivity index (χ1n) is 26.4. The van der Waals surface area contributed by atoms with Crippen molar-refractivity contribution in [2.24, 2.45) is 44.8 Å². The highest BCUT2D eigenvalue weighted by atomic mass is 16.8. The van der Waals surface area contributed by atoms with Crippen molar-refractivity contribution in [2.45, 2.75) is 229 Å². The van der Waals surface area contributed by atoms with Gasteiger partial charge >= 0.3 is 5.97 Å². The summed E-state index contributed by atoms with van der Waals surface area (Å²) in [6.07, 6.45) is -19.8. The summed E-state index contributed by atoms with van der Waals surface area (Å²) < 4.78 is 47.6. The van der Waals surface area contributed by atoms with Gasteiger partial charge in [-0.25, -0.2) is 0 Å². The highest BCUT2D eigenvalue weighted by Gasteiger charge is 2.70. The molecule has 4 saturated carbocycles. The van der Waals surface area contributed by atoms with E-state index in [4.69, 9.17) is 37.9 Å². The summed E-state index contributed by atoms with van der Waals surface area (Å²) in [5, 5.41) is 127. The molecule has 4 heterocycles. The minimum atomic E-state index is -1.83. The number of carbonyl (C=O) groups excluding carboxylic acids is 1. The number of hydrogen-bond donors (Lipinski definition) is 12.